The first-order chi connectivity index (χ1) is 9.16. The molecule has 2 aromatic heterocycles. The zero-order chi connectivity index (χ0) is 13.4. The van der Waals surface area contributed by atoms with Crippen molar-refractivity contribution in [2.75, 3.05) is 0 Å². The Balaban J connectivity index is 2.16. The highest BCUT2D eigenvalue weighted by molar-refractivity contribution is 7.17. The molecule has 0 fully saturated rings. The zero-order valence-electron chi connectivity index (χ0n) is 9.41. The summed E-state index contributed by atoms with van der Waals surface area (Å²) in [5.74, 6) is 0. The summed E-state index contributed by atoms with van der Waals surface area (Å²) in [5.41, 5.74) is 1.81. The molecule has 7 heteroatoms. The van der Waals surface area contributed by atoms with Gasteiger partial charge in [0.1, 0.15) is 16.3 Å². The van der Waals surface area contributed by atoms with Gasteiger partial charge in [-0.1, -0.05) is 11.6 Å². The summed E-state index contributed by atoms with van der Waals surface area (Å²) in [7, 11) is 0. The number of nitro benzene ring substituents is 1. The fourth-order valence-electron chi connectivity index (χ4n) is 1.81. The Labute approximate surface area is 116 Å². The molecule has 0 atom stereocenters. The summed E-state index contributed by atoms with van der Waals surface area (Å²) in [6, 6.07) is 6.33. The molecule has 0 N–H and O–H groups in total. The van der Waals surface area contributed by atoms with Crippen LogP contribution in [0.3, 0.4) is 0 Å². The molecule has 0 saturated heterocycles. The van der Waals surface area contributed by atoms with E-state index in [1.54, 1.807) is 12.1 Å². The number of benzene rings is 1. The first-order valence-electron chi connectivity index (χ1n) is 5.29. The molecular formula is C12H6ClN3O2S. The topological polar surface area (TPSA) is 68.9 Å². The van der Waals surface area contributed by atoms with Crippen molar-refractivity contribution < 1.29 is 4.92 Å². The minimum atomic E-state index is -0.425. The minimum Gasteiger partial charge on any atom is -0.258 e. The van der Waals surface area contributed by atoms with Crippen LogP contribution >= 0.6 is 22.9 Å². The minimum absolute atomic E-state index is 0.0608. The third-order valence-corrected chi connectivity index (χ3v) is 3.89. The monoisotopic (exact) mass is 291 g/mol. The molecule has 94 valence electrons. The van der Waals surface area contributed by atoms with E-state index < -0.39 is 4.92 Å². The standard InChI is InChI=1S/C12H6ClN3O2S/c13-11-10-9(5-19-12(10)15-6-14-11)7-1-3-8(4-2-7)16(17)18/h1-6H. The molecule has 3 rings (SSSR count). The van der Waals surface area contributed by atoms with E-state index in [0.29, 0.717) is 5.15 Å². The second-order valence-corrected chi connectivity index (χ2v) is 5.01. The van der Waals surface area contributed by atoms with Crippen molar-refractivity contribution in [1.82, 2.24) is 9.97 Å². The molecule has 0 saturated carbocycles. The first-order valence-corrected chi connectivity index (χ1v) is 6.55. The quantitative estimate of drug-likeness (QED) is 0.408. The van der Waals surface area contributed by atoms with Crippen LogP contribution in [0.25, 0.3) is 21.3 Å². The molecule has 3 aromatic rings. The van der Waals surface area contributed by atoms with Crippen molar-refractivity contribution in [3.8, 4) is 11.1 Å². The van der Waals surface area contributed by atoms with Gasteiger partial charge in [0.25, 0.3) is 5.69 Å². The molecule has 5 nitrogen and oxygen atoms in total. The largest absolute Gasteiger partial charge is 0.269 e. The fourth-order valence-corrected chi connectivity index (χ4v) is 3.02. The summed E-state index contributed by atoms with van der Waals surface area (Å²) >= 11 is 7.55. The van der Waals surface area contributed by atoms with E-state index in [9.17, 15) is 10.1 Å². The highest BCUT2D eigenvalue weighted by Gasteiger charge is 2.12. The van der Waals surface area contributed by atoms with Crippen molar-refractivity contribution in [3.05, 3.63) is 51.2 Å². The maximum atomic E-state index is 10.6. The predicted molar refractivity (Wildman–Crippen MR) is 74.5 cm³/mol. The lowest BCUT2D eigenvalue weighted by atomic mass is 10.1. The van der Waals surface area contributed by atoms with E-state index in [-0.39, 0.29) is 5.69 Å². The van der Waals surface area contributed by atoms with E-state index in [4.69, 9.17) is 11.6 Å². The zero-order valence-corrected chi connectivity index (χ0v) is 11.0. The normalized spacial score (nSPS) is 10.8. The third-order valence-electron chi connectivity index (χ3n) is 2.71. The Hall–Kier alpha value is -2.05. The molecule has 1 aromatic carbocycles. The van der Waals surface area contributed by atoms with Gasteiger partial charge in [0, 0.05) is 23.1 Å². The van der Waals surface area contributed by atoms with E-state index in [2.05, 4.69) is 9.97 Å². The maximum absolute atomic E-state index is 10.6. The highest BCUT2D eigenvalue weighted by Crippen LogP contribution is 2.36. The number of aromatic nitrogens is 2. The average Bonchev–Trinajstić information content (AvgIpc) is 2.84. The second kappa shape index (κ2) is 4.56. The SMILES string of the molecule is O=[N+]([O-])c1ccc(-c2csc3ncnc(Cl)c23)cc1. The lowest BCUT2D eigenvalue weighted by molar-refractivity contribution is -0.384. The summed E-state index contributed by atoms with van der Waals surface area (Å²) < 4.78 is 0. The van der Waals surface area contributed by atoms with Gasteiger partial charge in [0.2, 0.25) is 0 Å². The van der Waals surface area contributed by atoms with Gasteiger partial charge in [-0.15, -0.1) is 11.3 Å². The van der Waals surface area contributed by atoms with Crippen LogP contribution in [0.5, 0.6) is 0 Å². The van der Waals surface area contributed by atoms with E-state index in [1.807, 2.05) is 5.38 Å². The number of nitrogens with zero attached hydrogens (tertiary/aromatic N) is 3. The number of fused-ring (bicyclic) bond motifs is 1. The Morgan fingerprint density at radius 2 is 1.95 bits per heavy atom. The van der Waals surface area contributed by atoms with Gasteiger partial charge in [0.05, 0.1) is 10.3 Å². The maximum Gasteiger partial charge on any atom is 0.269 e. The third kappa shape index (κ3) is 2.05. The second-order valence-electron chi connectivity index (χ2n) is 3.80. The number of halogens is 1. The number of hydrogen-bond acceptors (Lipinski definition) is 5. The van der Waals surface area contributed by atoms with Crippen LogP contribution in [0.1, 0.15) is 0 Å². The Bertz CT molecular complexity index is 770. The van der Waals surface area contributed by atoms with E-state index in [1.165, 1.54) is 29.8 Å². The van der Waals surface area contributed by atoms with Gasteiger partial charge >= 0.3 is 0 Å². The lowest BCUT2D eigenvalue weighted by Gasteiger charge is -2.00. The van der Waals surface area contributed by atoms with Crippen LogP contribution in [-0.2, 0) is 0 Å². The van der Waals surface area contributed by atoms with Crippen molar-refractivity contribution in [1.29, 1.82) is 0 Å². The smallest absolute Gasteiger partial charge is 0.258 e. The van der Waals surface area contributed by atoms with Crippen LogP contribution in [0.4, 0.5) is 5.69 Å². The number of non-ortho nitro benzene ring substituents is 1. The summed E-state index contributed by atoms with van der Waals surface area (Å²) in [6.07, 6.45) is 1.42. The molecule has 0 radical (unpaired) electrons. The molecule has 0 bridgehead atoms. The fraction of sp³-hybridized carbons (Fsp3) is 0. The first kappa shape index (κ1) is 12.0. The van der Waals surface area contributed by atoms with E-state index in [0.717, 1.165) is 21.3 Å². The summed E-state index contributed by atoms with van der Waals surface area (Å²) in [5, 5.41) is 13.7. The average molecular weight is 292 g/mol. The number of rotatable bonds is 2. The Kier molecular flexibility index (Phi) is 2.88. The number of nitro groups is 1. The van der Waals surface area contributed by atoms with Gasteiger partial charge in [-0.25, -0.2) is 9.97 Å². The van der Waals surface area contributed by atoms with Gasteiger partial charge in [0.15, 0.2) is 0 Å². The van der Waals surface area contributed by atoms with Gasteiger partial charge < -0.3 is 0 Å². The molecule has 0 aliphatic heterocycles. The molecule has 0 aliphatic rings. The number of hydrogen-bond donors (Lipinski definition) is 0. The van der Waals surface area contributed by atoms with Gasteiger partial charge in [-0.2, -0.15) is 0 Å². The van der Waals surface area contributed by atoms with Crippen molar-refractivity contribution >= 4 is 38.8 Å². The van der Waals surface area contributed by atoms with E-state index >= 15 is 0 Å². The van der Waals surface area contributed by atoms with Crippen LogP contribution < -0.4 is 0 Å². The van der Waals surface area contributed by atoms with Crippen LogP contribution in [0, 0.1) is 10.1 Å². The molecular weight excluding hydrogens is 286 g/mol. The summed E-state index contributed by atoms with van der Waals surface area (Å²) in [4.78, 5) is 19.1. The van der Waals surface area contributed by atoms with Gasteiger partial charge in [-0.3, -0.25) is 10.1 Å². The van der Waals surface area contributed by atoms with Crippen molar-refractivity contribution in [3.63, 3.8) is 0 Å². The molecule has 0 aliphatic carbocycles. The Morgan fingerprint density at radius 1 is 1.21 bits per heavy atom. The molecule has 0 spiro atoms. The highest BCUT2D eigenvalue weighted by atomic mass is 35.5. The van der Waals surface area contributed by atoms with Gasteiger partial charge in [-0.05, 0) is 17.7 Å². The van der Waals surface area contributed by atoms with Crippen LogP contribution in [0.15, 0.2) is 36.0 Å². The molecule has 0 amide bonds. The van der Waals surface area contributed by atoms with Crippen molar-refractivity contribution in [2.24, 2.45) is 0 Å². The number of thiophene rings is 1. The lowest BCUT2D eigenvalue weighted by Crippen LogP contribution is -1.87. The van der Waals surface area contributed by atoms with Crippen LogP contribution in [0.2, 0.25) is 5.15 Å². The van der Waals surface area contributed by atoms with Crippen molar-refractivity contribution in [2.45, 2.75) is 0 Å². The molecule has 0 unspecified atom stereocenters. The Morgan fingerprint density at radius 3 is 2.63 bits per heavy atom. The summed E-state index contributed by atoms with van der Waals surface area (Å²) in [6.45, 7) is 0. The molecule has 19 heavy (non-hydrogen) atoms. The van der Waals surface area contributed by atoms with Crippen LogP contribution in [-0.4, -0.2) is 14.9 Å². The molecule has 2 heterocycles. The predicted octanol–water partition coefficient (Wildman–Crippen LogP) is 3.92.